The highest BCUT2D eigenvalue weighted by Crippen LogP contribution is 2.63. The molecule has 2 heterocycles. The van der Waals surface area contributed by atoms with Gasteiger partial charge in [-0.2, -0.15) is 5.26 Å². The van der Waals surface area contributed by atoms with Crippen LogP contribution in [0.5, 0.6) is 0 Å². The quantitative estimate of drug-likeness (QED) is 0.817. The van der Waals surface area contributed by atoms with Crippen LogP contribution in [0, 0.1) is 23.2 Å². The summed E-state index contributed by atoms with van der Waals surface area (Å²) < 4.78 is 10.0. The third-order valence-corrected chi connectivity index (χ3v) is 6.11. The van der Waals surface area contributed by atoms with Gasteiger partial charge in [-0.25, -0.2) is 9.59 Å². The second-order valence-corrected chi connectivity index (χ2v) is 7.67. The summed E-state index contributed by atoms with van der Waals surface area (Å²) in [5, 5.41) is 12.5. The molecule has 1 aromatic carbocycles. The summed E-state index contributed by atoms with van der Waals surface area (Å²) in [6.07, 6.45) is -1.22. The summed E-state index contributed by atoms with van der Waals surface area (Å²) >= 11 is 0. The first-order chi connectivity index (χ1) is 13.9. The summed E-state index contributed by atoms with van der Waals surface area (Å²) in [5.74, 6) is 0.0128. The molecule has 152 valence electrons. The molecule has 9 heteroatoms. The minimum absolute atomic E-state index is 0.0937. The molecule has 1 aromatic rings. The number of cyclic esters (lactones) is 1. The second kappa shape index (κ2) is 6.95. The van der Waals surface area contributed by atoms with Gasteiger partial charge in [-0.05, 0) is 17.7 Å². The molecule has 3 amide bonds. The van der Waals surface area contributed by atoms with Crippen LogP contribution in [0.4, 0.5) is 15.3 Å². The number of likely N-dealkylation sites (tertiary alicyclic amines) is 1. The van der Waals surface area contributed by atoms with Crippen molar-refractivity contribution in [1.82, 2.24) is 10.2 Å². The Morgan fingerprint density at radius 3 is 2.48 bits per heavy atom. The maximum absolute atomic E-state index is 12.2. The third kappa shape index (κ3) is 3.05. The van der Waals surface area contributed by atoms with Crippen LogP contribution < -0.4 is 10.2 Å². The number of amides is 3. The number of carbonyl (C=O) groups excluding carboxylic acids is 3. The number of ether oxygens (including phenoxy) is 2. The van der Waals surface area contributed by atoms with E-state index in [1.54, 1.807) is 4.90 Å². The standard InChI is InChI=1S/C20H22N4O5/c1-12(25)22-7-15-8-24(19(27)29-15)14-5-3-13(4-6-14)20(11-21)16-9-23(10-17(16)20)18(26)28-2/h3-6,15-17H,7-10H2,1-2H3,(H,22,25)/t15-,16-,17+,20?/m0/s1. The zero-order valence-corrected chi connectivity index (χ0v) is 16.3. The van der Waals surface area contributed by atoms with Crippen molar-refractivity contribution in [2.45, 2.75) is 18.4 Å². The number of carbonyl (C=O) groups is 3. The SMILES string of the molecule is COC(=O)N1C[C@@H]2[C@H](C1)C2(C#N)c1ccc(N2C[C@H](CNC(C)=O)OC2=O)cc1. The van der Waals surface area contributed by atoms with Gasteiger partial charge in [0, 0.05) is 37.5 Å². The van der Waals surface area contributed by atoms with E-state index in [1.807, 2.05) is 24.3 Å². The van der Waals surface area contributed by atoms with Crippen molar-refractivity contribution in [2.75, 3.05) is 38.2 Å². The Morgan fingerprint density at radius 1 is 1.28 bits per heavy atom. The minimum Gasteiger partial charge on any atom is -0.453 e. The first-order valence-corrected chi connectivity index (χ1v) is 9.48. The Bertz CT molecular complexity index is 881. The number of piperidine rings is 1. The maximum Gasteiger partial charge on any atom is 0.414 e. The first-order valence-electron chi connectivity index (χ1n) is 9.48. The lowest BCUT2D eigenvalue weighted by atomic mass is 9.91. The van der Waals surface area contributed by atoms with Crippen molar-refractivity contribution in [1.29, 1.82) is 5.26 Å². The summed E-state index contributed by atoms with van der Waals surface area (Å²) in [5.41, 5.74) is 0.979. The number of anilines is 1. The van der Waals surface area contributed by atoms with E-state index in [0.29, 0.717) is 25.3 Å². The monoisotopic (exact) mass is 398 g/mol. The molecule has 0 radical (unpaired) electrons. The number of nitrogens with zero attached hydrogens (tertiary/aromatic N) is 3. The van der Waals surface area contributed by atoms with Crippen LogP contribution in [0.3, 0.4) is 0 Å². The van der Waals surface area contributed by atoms with E-state index >= 15 is 0 Å². The van der Waals surface area contributed by atoms with Crippen molar-refractivity contribution in [3.8, 4) is 6.07 Å². The molecule has 29 heavy (non-hydrogen) atoms. The highest BCUT2D eigenvalue weighted by atomic mass is 16.6. The number of nitriles is 1. The lowest BCUT2D eigenvalue weighted by Gasteiger charge is -2.22. The largest absolute Gasteiger partial charge is 0.453 e. The molecule has 3 fully saturated rings. The van der Waals surface area contributed by atoms with Crippen LogP contribution in [-0.4, -0.2) is 62.4 Å². The van der Waals surface area contributed by atoms with Crippen LogP contribution in [0.1, 0.15) is 12.5 Å². The average Bonchev–Trinajstić information content (AvgIpc) is 3.02. The Balaban J connectivity index is 1.44. The molecule has 0 bridgehead atoms. The van der Waals surface area contributed by atoms with E-state index < -0.39 is 17.6 Å². The van der Waals surface area contributed by atoms with Crippen molar-refractivity contribution in [2.24, 2.45) is 11.8 Å². The van der Waals surface area contributed by atoms with Gasteiger partial charge < -0.3 is 19.7 Å². The lowest BCUT2D eigenvalue weighted by Crippen LogP contribution is -2.34. The zero-order chi connectivity index (χ0) is 20.8. The van der Waals surface area contributed by atoms with Gasteiger partial charge in [0.15, 0.2) is 0 Å². The summed E-state index contributed by atoms with van der Waals surface area (Å²) in [6, 6.07) is 9.81. The summed E-state index contributed by atoms with van der Waals surface area (Å²) in [4.78, 5) is 38.0. The minimum atomic E-state index is -0.595. The van der Waals surface area contributed by atoms with Gasteiger partial charge in [0.25, 0.3) is 0 Å². The Hall–Kier alpha value is -3.28. The fraction of sp³-hybridized carbons (Fsp3) is 0.500. The summed E-state index contributed by atoms with van der Waals surface area (Å²) in [7, 11) is 1.35. The molecule has 4 rings (SSSR count). The van der Waals surface area contributed by atoms with Crippen molar-refractivity contribution < 1.29 is 23.9 Å². The molecule has 1 saturated carbocycles. The first kappa shape index (κ1) is 19.1. The van der Waals surface area contributed by atoms with Gasteiger partial charge in [0.1, 0.15) is 6.10 Å². The number of nitrogens with one attached hydrogen (secondary N) is 1. The highest BCUT2D eigenvalue weighted by Gasteiger charge is 2.70. The third-order valence-electron chi connectivity index (χ3n) is 6.11. The van der Waals surface area contributed by atoms with Gasteiger partial charge in [-0.3, -0.25) is 9.69 Å². The number of benzene rings is 1. The van der Waals surface area contributed by atoms with Gasteiger partial charge in [0.05, 0.1) is 31.7 Å². The normalized spacial score (nSPS) is 29.7. The molecule has 1 aliphatic carbocycles. The van der Waals surface area contributed by atoms with Gasteiger partial charge >= 0.3 is 12.2 Å². The van der Waals surface area contributed by atoms with Gasteiger partial charge in [0.2, 0.25) is 5.91 Å². The molecular weight excluding hydrogens is 376 g/mol. The molecule has 4 atom stereocenters. The van der Waals surface area contributed by atoms with Crippen LogP contribution in [0.2, 0.25) is 0 Å². The maximum atomic E-state index is 12.2. The van der Waals surface area contributed by atoms with Crippen LogP contribution in [-0.2, 0) is 19.7 Å². The fourth-order valence-corrected chi connectivity index (χ4v) is 4.58. The molecule has 3 aliphatic rings. The van der Waals surface area contributed by atoms with E-state index in [0.717, 1.165) is 5.56 Å². The Labute approximate surface area is 168 Å². The van der Waals surface area contributed by atoms with Crippen LogP contribution >= 0.6 is 0 Å². The van der Waals surface area contributed by atoms with E-state index in [4.69, 9.17) is 9.47 Å². The molecule has 1 unspecified atom stereocenters. The second-order valence-electron chi connectivity index (χ2n) is 7.67. The van der Waals surface area contributed by atoms with Crippen molar-refractivity contribution in [3.63, 3.8) is 0 Å². The van der Waals surface area contributed by atoms with E-state index in [9.17, 15) is 19.6 Å². The molecule has 0 spiro atoms. The smallest absolute Gasteiger partial charge is 0.414 e. The van der Waals surface area contributed by atoms with Gasteiger partial charge in [-0.1, -0.05) is 12.1 Å². The highest BCUT2D eigenvalue weighted by molar-refractivity contribution is 5.89. The van der Waals surface area contributed by atoms with Crippen molar-refractivity contribution >= 4 is 23.8 Å². The average molecular weight is 398 g/mol. The number of hydrogen-bond acceptors (Lipinski definition) is 6. The van der Waals surface area contributed by atoms with Crippen molar-refractivity contribution in [3.05, 3.63) is 29.8 Å². The molecule has 0 aromatic heterocycles. The molecule has 1 N–H and O–H groups in total. The number of hydrogen-bond donors (Lipinski definition) is 1. The molecule has 2 aliphatic heterocycles. The molecule has 9 nitrogen and oxygen atoms in total. The number of fused-ring (bicyclic) bond motifs is 1. The van der Waals surface area contributed by atoms with E-state index in [2.05, 4.69) is 11.4 Å². The topological polar surface area (TPSA) is 112 Å². The van der Waals surface area contributed by atoms with Gasteiger partial charge in [-0.15, -0.1) is 0 Å². The number of methoxy groups -OCH3 is 1. The Kier molecular flexibility index (Phi) is 4.57. The van der Waals surface area contributed by atoms with Crippen LogP contribution in [0.15, 0.2) is 24.3 Å². The summed E-state index contributed by atoms with van der Waals surface area (Å²) in [6.45, 7) is 3.05. The Morgan fingerprint density at radius 2 is 1.93 bits per heavy atom. The molecule has 2 saturated heterocycles. The van der Waals surface area contributed by atoms with Crippen LogP contribution in [0.25, 0.3) is 0 Å². The van der Waals surface area contributed by atoms with E-state index in [1.165, 1.54) is 18.9 Å². The lowest BCUT2D eigenvalue weighted by molar-refractivity contribution is -0.119. The predicted molar refractivity (Wildman–Crippen MR) is 101 cm³/mol. The zero-order valence-electron chi connectivity index (χ0n) is 16.3. The fourth-order valence-electron chi connectivity index (χ4n) is 4.58. The molecular formula is C20H22N4O5. The number of rotatable bonds is 4. The predicted octanol–water partition coefficient (Wildman–Crippen LogP) is 1.24. The van der Waals surface area contributed by atoms with E-state index in [-0.39, 0.29) is 30.4 Å².